The van der Waals surface area contributed by atoms with Gasteiger partial charge in [0.15, 0.2) is 6.61 Å². The summed E-state index contributed by atoms with van der Waals surface area (Å²) in [5, 5.41) is 3.17. The van der Waals surface area contributed by atoms with Crippen LogP contribution in [0.4, 0.5) is 11.6 Å². The number of esters is 1. The van der Waals surface area contributed by atoms with Crippen LogP contribution in [0.3, 0.4) is 0 Å². The number of carbonyl (C=O) groups is 2. The van der Waals surface area contributed by atoms with E-state index >= 15 is 0 Å². The summed E-state index contributed by atoms with van der Waals surface area (Å²) >= 11 is 5.75. The van der Waals surface area contributed by atoms with Crippen LogP contribution >= 0.6 is 11.6 Å². The van der Waals surface area contributed by atoms with Crippen molar-refractivity contribution in [1.82, 2.24) is 9.97 Å². The van der Waals surface area contributed by atoms with Gasteiger partial charge in [-0.2, -0.15) is 0 Å². The highest BCUT2D eigenvalue weighted by Gasteiger charge is 2.12. The fourth-order valence-corrected chi connectivity index (χ4v) is 1.80. The molecular formula is C15H15ClN4O3. The van der Waals surface area contributed by atoms with E-state index in [0.29, 0.717) is 16.7 Å². The van der Waals surface area contributed by atoms with Crippen LogP contribution in [0.15, 0.2) is 42.7 Å². The molecule has 2 aromatic rings. The molecule has 0 spiro atoms. The van der Waals surface area contributed by atoms with Gasteiger partial charge in [-0.25, -0.2) is 9.97 Å². The molecule has 0 aliphatic heterocycles. The minimum atomic E-state index is -0.550. The highest BCUT2D eigenvalue weighted by Crippen LogP contribution is 2.13. The highest BCUT2D eigenvalue weighted by atomic mass is 35.5. The molecule has 1 amide bonds. The SMILES string of the molecule is CN(CC(=O)OCC(=O)Nc1ccc(Cl)cc1)c1ncccn1. The molecule has 0 bridgehead atoms. The number of halogens is 1. The highest BCUT2D eigenvalue weighted by molar-refractivity contribution is 6.30. The van der Waals surface area contributed by atoms with Crippen molar-refractivity contribution in [2.75, 3.05) is 30.4 Å². The predicted molar refractivity (Wildman–Crippen MR) is 86.3 cm³/mol. The second-order valence-corrected chi connectivity index (χ2v) is 5.06. The summed E-state index contributed by atoms with van der Waals surface area (Å²) in [6, 6.07) is 8.29. The van der Waals surface area contributed by atoms with Crippen molar-refractivity contribution in [3.63, 3.8) is 0 Å². The lowest BCUT2D eigenvalue weighted by Gasteiger charge is -2.15. The second kappa shape index (κ2) is 8.09. The van der Waals surface area contributed by atoms with Gasteiger partial charge in [-0.05, 0) is 30.3 Å². The van der Waals surface area contributed by atoms with E-state index in [0.717, 1.165) is 0 Å². The fraction of sp³-hybridized carbons (Fsp3) is 0.200. The number of rotatable bonds is 6. The van der Waals surface area contributed by atoms with Crippen LogP contribution < -0.4 is 10.2 Å². The summed E-state index contributed by atoms with van der Waals surface area (Å²) < 4.78 is 4.92. The average Bonchev–Trinajstić information content (AvgIpc) is 2.56. The van der Waals surface area contributed by atoms with Crippen LogP contribution in [0.1, 0.15) is 0 Å². The molecule has 2 rings (SSSR count). The molecule has 0 aliphatic rings. The first-order chi connectivity index (χ1) is 11.0. The van der Waals surface area contributed by atoms with Crippen molar-refractivity contribution in [3.05, 3.63) is 47.7 Å². The third kappa shape index (κ3) is 5.55. The number of ether oxygens (including phenoxy) is 1. The summed E-state index contributed by atoms with van der Waals surface area (Å²) in [6.45, 7) is -0.427. The normalized spacial score (nSPS) is 10.0. The van der Waals surface area contributed by atoms with Crippen LogP contribution in [0.25, 0.3) is 0 Å². The average molecular weight is 335 g/mol. The number of aromatic nitrogens is 2. The monoisotopic (exact) mass is 334 g/mol. The molecule has 0 radical (unpaired) electrons. The summed E-state index contributed by atoms with van der Waals surface area (Å²) in [5.74, 6) is -0.583. The topological polar surface area (TPSA) is 84.4 Å². The van der Waals surface area contributed by atoms with Crippen LogP contribution in [0.5, 0.6) is 0 Å². The van der Waals surface area contributed by atoms with Crippen LogP contribution in [-0.4, -0.2) is 42.0 Å². The molecule has 1 aromatic carbocycles. The summed E-state index contributed by atoms with van der Waals surface area (Å²) in [6.07, 6.45) is 3.15. The Bertz CT molecular complexity index is 664. The Balaban J connectivity index is 1.75. The van der Waals surface area contributed by atoms with Gasteiger partial charge in [0.05, 0.1) is 0 Å². The Kier molecular flexibility index (Phi) is 5.87. The maximum absolute atomic E-state index is 11.7. The summed E-state index contributed by atoms with van der Waals surface area (Å²) in [7, 11) is 1.66. The molecule has 0 atom stereocenters. The van der Waals surface area contributed by atoms with E-state index in [2.05, 4.69) is 15.3 Å². The summed E-state index contributed by atoms with van der Waals surface area (Å²) in [5.41, 5.74) is 0.574. The van der Waals surface area contributed by atoms with Crippen molar-refractivity contribution in [2.45, 2.75) is 0 Å². The summed E-state index contributed by atoms with van der Waals surface area (Å²) in [4.78, 5) is 33.0. The van der Waals surface area contributed by atoms with Crippen molar-refractivity contribution in [1.29, 1.82) is 0 Å². The Morgan fingerprint density at radius 1 is 1.22 bits per heavy atom. The lowest BCUT2D eigenvalue weighted by atomic mass is 10.3. The Labute approximate surface area is 138 Å². The number of anilines is 2. The van der Waals surface area contributed by atoms with E-state index in [9.17, 15) is 9.59 Å². The molecule has 1 N–H and O–H groups in total. The van der Waals surface area contributed by atoms with Gasteiger partial charge in [0.2, 0.25) is 5.95 Å². The van der Waals surface area contributed by atoms with Gasteiger partial charge in [-0.3, -0.25) is 9.59 Å². The number of hydrogen-bond acceptors (Lipinski definition) is 6. The number of hydrogen-bond donors (Lipinski definition) is 1. The largest absolute Gasteiger partial charge is 0.454 e. The third-order valence-electron chi connectivity index (χ3n) is 2.75. The number of nitrogens with one attached hydrogen (secondary N) is 1. The Morgan fingerprint density at radius 3 is 2.52 bits per heavy atom. The van der Waals surface area contributed by atoms with Crippen LogP contribution in [0.2, 0.25) is 5.02 Å². The van der Waals surface area contributed by atoms with E-state index in [-0.39, 0.29) is 13.2 Å². The van der Waals surface area contributed by atoms with Crippen molar-refractivity contribution < 1.29 is 14.3 Å². The molecule has 1 aromatic heterocycles. The van der Waals surface area contributed by atoms with Gasteiger partial charge in [-0.1, -0.05) is 11.6 Å². The molecule has 1 heterocycles. The van der Waals surface area contributed by atoms with Gasteiger partial charge in [0.25, 0.3) is 5.91 Å². The first kappa shape index (κ1) is 16.7. The third-order valence-corrected chi connectivity index (χ3v) is 3.00. The molecule has 0 aliphatic carbocycles. The maximum Gasteiger partial charge on any atom is 0.326 e. The quantitative estimate of drug-likeness (QED) is 0.810. The number of amides is 1. The molecule has 0 fully saturated rings. The van der Waals surface area contributed by atoms with E-state index in [4.69, 9.17) is 16.3 Å². The maximum atomic E-state index is 11.7. The molecule has 0 saturated carbocycles. The number of nitrogens with zero attached hydrogens (tertiary/aromatic N) is 3. The molecule has 8 heteroatoms. The van der Waals surface area contributed by atoms with Gasteiger partial charge in [-0.15, -0.1) is 0 Å². The van der Waals surface area contributed by atoms with E-state index < -0.39 is 11.9 Å². The zero-order chi connectivity index (χ0) is 16.7. The van der Waals surface area contributed by atoms with Crippen molar-refractivity contribution in [2.24, 2.45) is 0 Å². The van der Waals surface area contributed by atoms with Crippen LogP contribution in [-0.2, 0) is 14.3 Å². The second-order valence-electron chi connectivity index (χ2n) is 4.62. The molecule has 0 saturated heterocycles. The number of benzene rings is 1. The molecule has 120 valence electrons. The van der Waals surface area contributed by atoms with E-state index in [1.807, 2.05) is 0 Å². The molecule has 23 heavy (non-hydrogen) atoms. The minimum Gasteiger partial charge on any atom is -0.454 e. The number of carbonyl (C=O) groups excluding carboxylic acids is 2. The number of likely N-dealkylation sites (N-methyl/N-ethyl adjacent to an activating group) is 1. The van der Waals surface area contributed by atoms with Gasteiger partial charge in [0, 0.05) is 30.2 Å². The standard InChI is InChI=1S/C15H15ClN4O3/c1-20(15-17-7-2-8-18-15)9-14(22)23-10-13(21)19-12-5-3-11(16)4-6-12/h2-8H,9-10H2,1H3,(H,19,21). The zero-order valence-electron chi connectivity index (χ0n) is 12.4. The first-order valence-electron chi connectivity index (χ1n) is 6.74. The van der Waals surface area contributed by atoms with Gasteiger partial charge >= 0.3 is 5.97 Å². The molecule has 0 unspecified atom stereocenters. The lowest BCUT2D eigenvalue weighted by molar-refractivity contribution is -0.145. The van der Waals surface area contributed by atoms with Gasteiger partial charge < -0.3 is 15.0 Å². The lowest BCUT2D eigenvalue weighted by Crippen LogP contribution is -2.30. The van der Waals surface area contributed by atoms with Crippen LogP contribution in [0, 0.1) is 0 Å². The fourth-order valence-electron chi connectivity index (χ4n) is 1.67. The van der Waals surface area contributed by atoms with Gasteiger partial charge in [0.1, 0.15) is 6.54 Å². The molecule has 7 nitrogen and oxygen atoms in total. The molecular weight excluding hydrogens is 320 g/mol. The first-order valence-corrected chi connectivity index (χ1v) is 7.11. The van der Waals surface area contributed by atoms with Crippen molar-refractivity contribution in [3.8, 4) is 0 Å². The smallest absolute Gasteiger partial charge is 0.326 e. The Morgan fingerprint density at radius 2 is 1.87 bits per heavy atom. The zero-order valence-corrected chi connectivity index (χ0v) is 13.2. The predicted octanol–water partition coefficient (Wildman–Crippen LogP) is 1.75. The van der Waals surface area contributed by atoms with E-state index in [1.165, 1.54) is 4.90 Å². The minimum absolute atomic E-state index is 0.0573. The van der Waals surface area contributed by atoms with Crippen molar-refractivity contribution >= 4 is 35.1 Å². The van der Waals surface area contributed by atoms with E-state index in [1.54, 1.807) is 49.8 Å². The Hall–Kier alpha value is -2.67.